The number of aryl methyl sites for hydroxylation is 1. The lowest BCUT2D eigenvalue weighted by atomic mass is 9.58. The number of aromatic nitrogens is 2. The van der Waals surface area contributed by atoms with Crippen LogP contribution in [0.1, 0.15) is 49.2 Å². The number of ether oxygens (including phenoxy) is 1. The molecule has 2 heterocycles. The Labute approximate surface area is 147 Å². The van der Waals surface area contributed by atoms with Crippen molar-refractivity contribution >= 4 is 5.78 Å². The molecule has 1 aromatic carbocycles. The van der Waals surface area contributed by atoms with Gasteiger partial charge in [-0.1, -0.05) is 37.6 Å². The number of para-hydroxylation sites is 1. The van der Waals surface area contributed by atoms with Crippen molar-refractivity contribution in [3.8, 4) is 5.75 Å². The maximum Gasteiger partial charge on any atom is 0.160 e. The van der Waals surface area contributed by atoms with Gasteiger partial charge in [0.05, 0.1) is 11.1 Å². The van der Waals surface area contributed by atoms with Crippen molar-refractivity contribution in [2.45, 2.75) is 45.4 Å². The predicted octanol–water partition coefficient (Wildman–Crippen LogP) is 3.64. The summed E-state index contributed by atoms with van der Waals surface area (Å²) < 4.78 is 6.09. The second-order valence-electron chi connectivity index (χ2n) is 8.46. The number of carbonyl (C=O) groups is 1. The van der Waals surface area contributed by atoms with Crippen molar-refractivity contribution in [3.05, 3.63) is 57.9 Å². The minimum absolute atomic E-state index is 0.0128. The van der Waals surface area contributed by atoms with Crippen LogP contribution in [0.25, 0.3) is 0 Å². The molecule has 0 radical (unpaired) electrons. The van der Waals surface area contributed by atoms with Gasteiger partial charge in [0.25, 0.3) is 0 Å². The second-order valence-corrected chi connectivity index (χ2v) is 8.46. The largest absolute Gasteiger partial charge is 0.492 e. The zero-order chi connectivity index (χ0) is 17.4. The van der Waals surface area contributed by atoms with E-state index in [4.69, 9.17) is 4.74 Å². The maximum absolute atomic E-state index is 13.3. The van der Waals surface area contributed by atoms with E-state index in [1.54, 1.807) is 0 Å². The highest BCUT2D eigenvalue weighted by atomic mass is 16.5. The van der Waals surface area contributed by atoms with Gasteiger partial charge < -0.3 is 4.74 Å². The lowest BCUT2D eigenvalue weighted by Gasteiger charge is -2.42. The van der Waals surface area contributed by atoms with E-state index in [1.165, 1.54) is 5.57 Å². The molecule has 4 heteroatoms. The Morgan fingerprint density at radius 2 is 2.00 bits per heavy atom. The molecule has 1 aromatic heterocycles. The van der Waals surface area contributed by atoms with Gasteiger partial charge in [0.15, 0.2) is 5.78 Å². The highest BCUT2D eigenvalue weighted by Crippen LogP contribution is 2.56. The van der Waals surface area contributed by atoms with E-state index >= 15 is 0 Å². The van der Waals surface area contributed by atoms with Gasteiger partial charge in [-0.3, -0.25) is 9.89 Å². The molecule has 0 fully saturated rings. The van der Waals surface area contributed by atoms with Crippen LogP contribution in [0.2, 0.25) is 0 Å². The summed E-state index contributed by atoms with van der Waals surface area (Å²) in [5, 5.41) is 7.75. The SMILES string of the molecule is Cc1[nH]nc2c1C1(COc3ccccc31)C1=C(C2)CC(C)(C)CC1=O. The summed E-state index contributed by atoms with van der Waals surface area (Å²) in [6, 6.07) is 8.15. The van der Waals surface area contributed by atoms with Crippen molar-refractivity contribution in [1.82, 2.24) is 10.2 Å². The molecule has 5 rings (SSSR count). The number of fused-ring (bicyclic) bond motifs is 5. The number of rotatable bonds is 0. The molecule has 0 saturated carbocycles. The van der Waals surface area contributed by atoms with Crippen molar-refractivity contribution < 1.29 is 9.53 Å². The van der Waals surface area contributed by atoms with Gasteiger partial charge in [0.1, 0.15) is 12.4 Å². The quantitative estimate of drug-likeness (QED) is 0.800. The summed E-state index contributed by atoms with van der Waals surface area (Å²) in [6.07, 6.45) is 2.32. The molecule has 0 saturated heterocycles. The standard InChI is InChI=1S/C21H22N2O2/c1-12-18-15(23-22-12)8-13-9-20(2,3)10-16(24)19(13)21(18)11-25-17-7-5-4-6-14(17)21/h4-7H,8-11H2,1-3H3,(H,22,23). The van der Waals surface area contributed by atoms with Crippen LogP contribution in [0.5, 0.6) is 5.75 Å². The number of allylic oxidation sites excluding steroid dienone is 1. The normalized spacial score (nSPS) is 26.3. The molecule has 4 nitrogen and oxygen atoms in total. The van der Waals surface area contributed by atoms with E-state index in [0.717, 1.165) is 46.7 Å². The molecule has 1 atom stereocenters. The van der Waals surface area contributed by atoms with Crippen molar-refractivity contribution in [3.63, 3.8) is 0 Å². The van der Waals surface area contributed by atoms with Crippen LogP contribution in [0.4, 0.5) is 0 Å². The Morgan fingerprint density at radius 1 is 1.20 bits per heavy atom. The fourth-order valence-corrected chi connectivity index (χ4v) is 5.26. The van der Waals surface area contributed by atoms with E-state index in [9.17, 15) is 4.79 Å². The third kappa shape index (κ3) is 1.82. The summed E-state index contributed by atoms with van der Waals surface area (Å²) in [6.45, 7) is 6.92. The molecular weight excluding hydrogens is 312 g/mol. The van der Waals surface area contributed by atoms with Crippen molar-refractivity contribution in [2.24, 2.45) is 5.41 Å². The number of ketones is 1. The third-order valence-corrected chi connectivity index (χ3v) is 6.01. The van der Waals surface area contributed by atoms with E-state index in [0.29, 0.717) is 13.0 Å². The number of Topliss-reactive ketones (excluding diaryl/α,β-unsaturated/α-hetero) is 1. The Hall–Kier alpha value is -2.36. The number of nitrogens with zero attached hydrogens (tertiary/aromatic N) is 1. The number of H-pyrrole nitrogens is 1. The van der Waals surface area contributed by atoms with E-state index in [-0.39, 0.29) is 11.2 Å². The number of aromatic amines is 1. The van der Waals surface area contributed by atoms with Gasteiger partial charge in [-0.15, -0.1) is 0 Å². The molecule has 0 amide bonds. The van der Waals surface area contributed by atoms with Crippen LogP contribution in [-0.4, -0.2) is 22.6 Å². The van der Waals surface area contributed by atoms with Gasteiger partial charge in [-0.05, 0) is 24.8 Å². The summed E-state index contributed by atoms with van der Waals surface area (Å²) in [5.74, 6) is 1.17. The lowest BCUT2D eigenvalue weighted by molar-refractivity contribution is -0.118. The molecule has 2 aliphatic carbocycles. The number of nitrogens with one attached hydrogen (secondary N) is 1. The van der Waals surface area contributed by atoms with Crippen molar-refractivity contribution in [2.75, 3.05) is 6.61 Å². The van der Waals surface area contributed by atoms with Crippen LogP contribution in [-0.2, 0) is 16.6 Å². The highest BCUT2D eigenvalue weighted by molar-refractivity contribution is 6.02. The molecule has 0 bridgehead atoms. The van der Waals surface area contributed by atoms with Crippen LogP contribution >= 0.6 is 0 Å². The van der Waals surface area contributed by atoms with E-state index < -0.39 is 5.41 Å². The minimum Gasteiger partial charge on any atom is -0.492 e. The van der Waals surface area contributed by atoms with Gasteiger partial charge in [0, 0.05) is 35.2 Å². The van der Waals surface area contributed by atoms with Crippen LogP contribution in [0.15, 0.2) is 35.4 Å². The first-order chi connectivity index (χ1) is 11.9. The molecule has 1 unspecified atom stereocenters. The highest BCUT2D eigenvalue weighted by Gasteiger charge is 2.55. The zero-order valence-electron chi connectivity index (χ0n) is 14.9. The summed E-state index contributed by atoms with van der Waals surface area (Å²) >= 11 is 0. The first-order valence-electron chi connectivity index (χ1n) is 8.95. The molecule has 25 heavy (non-hydrogen) atoms. The minimum atomic E-state index is -0.496. The second kappa shape index (κ2) is 4.63. The molecular formula is C21H22N2O2. The molecule has 1 spiro atoms. The molecule has 3 aliphatic rings. The average molecular weight is 334 g/mol. The first kappa shape index (κ1) is 14.9. The third-order valence-electron chi connectivity index (χ3n) is 6.01. The van der Waals surface area contributed by atoms with E-state index in [2.05, 4.69) is 37.0 Å². The zero-order valence-corrected chi connectivity index (χ0v) is 14.9. The van der Waals surface area contributed by atoms with Gasteiger partial charge in [-0.2, -0.15) is 5.10 Å². The monoisotopic (exact) mass is 334 g/mol. The summed E-state index contributed by atoms with van der Waals surface area (Å²) in [5.41, 5.74) is 6.13. The topological polar surface area (TPSA) is 55.0 Å². The Kier molecular flexibility index (Phi) is 2.76. The molecule has 1 N–H and O–H groups in total. The number of carbonyl (C=O) groups excluding carboxylic acids is 1. The average Bonchev–Trinajstić information content (AvgIpc) is 3.09. The van der Waals surface area contributed by atoms with E-state index in [1.807, 2.05) is 18.2 Å². The molecule has 128 valence electrons. The van der Waals surface area contributed by atoms with Crippen LogP contribution in [0.3, 0.4) is 0 Å². The molecule has 1 aliphatic heterocycles. The Balaban J connectivity index is 1.85. The predicted molar refractivity (Wildman–Crippen MR) is 94.8 cm³/mol. The summed E-state index contributed by atoms with van der Waals surface area (Å²) in [7, 11) is 0. The smallest absolute Gasteiger partial charge is 0.160 e. The van der Waals surface area contributed by atoms with Gasteiger partial charge >= 0.3 is 0 Å². The molecule has 2 aromatic rings. The number of hydrogen-bond acceptors (Lipinski definition) is 3. The van der Waals surface area contributed by atoms with Crippen LogP contribution in [0, 0.1) is 12.3 Å². The van der Waals surface area contributed by atoms with Gasteiger partial charge in [-0.25, -0.2) is 0 Å². The Morgan fingerprint density at radius 3 is 2.84 bits per heavy atom. The lowest BCUT2D eigenvalue weighted by Crippen LogP contribution is -2.44. The fraction of sp³-hybridized carbons (Fsp3) is 0.429. The maximum atomic E-state index is 13.3. The number of benzene rings is 1. The number of hydrogen-bond donors (Lipinski definition) is 1. The first-order valence-corrected chi connectivity index (χ1v) is 8.95. The fourth-order valence-electron chi connectivity index (χ4n) is 5.26. The van der Waals surface area contributed by atoms with Gasteiger partial charge in [0.2, 0.25) is 0 Å². The van der Waals surface area contributed by atoms with Crippen LogP contribution < -0.4 is 4.74 Å². The Bertz CT molecular complexity index is 951. The summed E-state index contributed by atoms with van der Waals surface area (Å²) in [4.78, 5) is 13.3. The van der Waals surface area contributed by atoms with Crippen molar-refractivity contribution in [1.29, 1.82) is 0 Å².